The first-order valence-electron chi connectivity index (χ1n) is 6.64. The van der Waals surface area contributed by atoms with Crippen LogP contribution in [0.15, 0.2) is 11.6 Å². The van der Waals surface area contributed by atoms with Crippen LogP contribution in [0.4, 0.5) is 11.6 Å². The molecule has 1 unspecified atom stereocenters. The average Bonchev–Trinajstić information content (AvgIpc) is 2.99. The molecule has 0 bridgehead atoms. The number of hydrogen-bond donors (Lipinski definition) is 1. The first kappa shape index (κ1) is 15.2. The molecule has 0 saturated heterocycles. The Bertz CT molecular complexity index is 661. The van der Waals surface area contributed by atoms with Gasteiger partial charge in [-0.05, 0) is 25.7 Å². The predicted octanol–water partition coefficient (Wildman–Crippen LogP) is 1.97. The van der Waals surface area contributed by atoms with Crippen LogP contribution in [0.1, 0.15) is 20.8 Å². The highest BCUT2D eigenvalue weighted by Crippen LogP contribution is 2.28. The molecule has 0 fully saturated rings. The van der Waals surface area contributed by atoms with Gasteiger partial charge in [0.15, 0.2) is 0 Å². The number of nitrogens with zero attached hydrogens (tertiary/aromatic N) is 4. The van der Waals surface area contributed by atoms with Crippen LogP contribution in [0.5, 0.6) is 0 Å². The standard InChI is InChI=1S/C12H17N5O3S/c1-4-15(5-2)11(18)8(3)13-9-10(17(19)20)16-6-7-21-12(16)14-9/h6-8,13H,4-5H2,1-3H3. The van der Waals surface area contributed by atoms with E-state index in [9.17, 15) is 14.9 Å². The molecule has 2 heterocycles. The Hall–Kier alpha value is -2.16. The quantitative estimate of drug-likeness (QED) is 0.650. The van der Waals surface area contributed by atoms with Crippen molar-refractivity contribution >= 4 is 33.8 Å². The van der Waals surface area contributed by atoms with Crippen LogP contribution in [0.3, 0.4) is 0 Å². The van der Waals surface area contributed by atoms with Crippen LogP contribution < -0.4 is 5.32 Å². The number of amides is 1. The van der Waals surface area contributed by atoms with Gasteiger partial charge in [0.05, 0.1) is 0 Å². The Morgan fingerprint density at radius 2 is 2.24 bits per heavy atom. The number of nitro groups is 1. The smallest absolute Gasteiger partial charge is 0.358 e. The summed E-state index contributed by atoms with van der Waals surface area (Å²) >= 11 is 1.30. The molecule has 0 radical (unpaired) electrons. The number of aromatic nitrogens is 2. The van der Waals surface area contributed by atoms with Gasteiger partial charge in [-0.15, -0.1) is 0 Å². The zero-order chi connectivity index (χ0) is 15.6. The topological polar surface area (TPSA) is 92.8 Å². The van der Waals surface area contributed by atoms with Crippen LogP contribution in [0, 0.1) is 10.1 Å². The Balaban J connectivity index is 2.27. The zero-order valence-electron chi connectivity index (χ0n) is 12.1. The summed E-state index contributed by atoms with van der Waals surface area (Å²) in [5.41, 5.74) is 0. The number of carbonyl (C=O) groups is 1. The minimum Gasteiger partial charge on any atom is -0.358 e. The van der Waals surface area contributed by atoms with E-state index < -0.39 is 11.0 Å². The fraction of sp³-hybridized carbons (Fsp3) is 0.500. The minimum absolute atomic E-state index is 0.106. The molecule has 2 aromatic rings. The summed E-state index contributed by atoms with van der Waals surface area (Å²) in [5.74, 6) is -0.129. The second-order valence-corrected chi connectivity index (χ2v) is 5.35. The second-order valence-electron chi connectivity index (χ2n) is 4.47. The minimum atomic E-state index is -0.576. The van der Waals surface area contributed by atoms with Crippen LogP contribution in [0.25, 0.3) is 4.96 Å². The lowest BCUT2D eigenvalue weighted by Gasteiger charge is -2.23. The molecule has 21 heavy (non-hydrogen) atoms. The summed E-state index contributed by atoms with van der Waals surface area (Å²) < 4.78 is 1.40. The highest BCUT2D eigenvalue weighted by Gasteiger charge is 2.27. The van der Waals surface area contributed by atoms with Gasteiger partial charge in [-0.3, -0.25) is 4.79 Å². The predicted molar refractivity (Wildman–Crippen MR) is 80.7 cm³/mol. The molecule has 2 aromatic heterocycles. The van der Waals surface area contributed by atoms with Crippen LogP contribution >= 0.6 is 11.3 Å². The fourth-order valence-electron chi connectivity index (χ4n) is 2.12. The summed E-state index contributed by atoms with van der Waals surface area (Å²) in [5, 5.41) is 15.8. The van der Waals surface area contributed by atoms with Crippen molar-refractivity contribution in [1.29, 1.82) is 0 Å². The maximum absolute atomic E-state index is 12.2. The van der Waals surface area contributed by atoms with Gasteiger partial charge in [0.1, 0.15) is 12.2 Å². The molecule has 114 valence electrons. The molecule has 0 saturated carbocycles. The lowest BCUT2D eigenvalue weighted by atomic mass is 10.3. The van der Waals surface area contributed by atoms with Crippen LogP contribution in [-0.4, -0.2) is 44.2 Å². The number of nitrogens with one attached hydrogen (secondary N) is 1. The summed E-state index contributed by atoms with van der Waals surface area (Å²) in [7, 11) is 0. The summed E-state index contributed by atoms with van der Waals surface area (Å²) in [4.78, 5) is 29.3. The number of thiazole rings is 1. The van der Waals surface area contributed by atoms with Gasteiger partial charge in [0.25, 0.3) is 4.96 Å². The molecular weight excluding hydrogens is 294 g/mol. The molecule has 1 N–H and O–H groups in total. The fourth-order valence-corrected chi connectivity index (χ4v) is 2.83. The molecule has 2 rings (SSSR count). The second kappa shape index (κ2) is 6.08. The van der Waals surface area contributed by atoms with E-state index in [-0.39, 0.29) is 17.5 Å². The summed E-state index contributed by atoms with van der Waals surface area (Å²) in [6.07, 6.45) is 1.59. The van der Waals surface area contributed by atoms with Crippen molar-refractivity contribution in [3.63, 3.8) is 0 Å². The first-order chi connectivity index (χ1) is 9.99. The van der Waals surface area contributed by atoms with Gasteiger partial charge in [-0.25, -0.2) is 0 Å². The lowest BCUT2D eigenvalue weighted by Crippen LogP contribution is -2.41. The molecule has 8 nitrogen and oxygen atoms in total. The SMILES string of the molecule is CCN(CC)C(=O)C(C)Nc1nc2sccn2c1[N+](=O)[O-]. The molecule has 0 spiro atoms. The largest absolute Gasteiger partial charge is 0.372 e. The number of imidazole rings is 1. The van der Waals surface area contributed by atoms with Gasteiger partial charge in [0, 0.05) is 18.5 Å². The van der Waals surface area contributed by atoms with E-state index in [1.807, 2.05) is 13.8 Å². The van der Waals surface area contributed by atoms with E-state index in [1.165, 1.54) is 15.7 Å². The average molecular weight is 311 g/mol. The van der Waals surface area contributed by atoms with E-state index in [1.54, 1.807) is 23.4 Å². The Labute approximate surface area is 125 Å². The molecule has 0 aliphatic rings. The third-order valence-corrected chi connectivity index (χ3v) is 3.97. The van der Waals surface area contributed by atoms with E-state index in [0.717, 1.165) is 0 Å². The van der Waals surface area contributed by atoms with Gasteiger partial charge in [0.2, 0.25) is 11.7 Å². The van der Waals surface area contributed by atoms with E-state index >= 15 is 0 Å². The summed E-state index contributed by atoms with van der Waals surface area (Å²) in [6.45, 7) is 6.66. The molecule has 0 aliphatic carbocycles. The van der Waals surface area contributed by atoms with Crippen molar-refractivity contribution < 1.29 is 9.72 Å². The van der Waals surface area contributed by atoms with Gasteiger partial charge < -0.3 is 20.3 Å². The van der Waals surface area contributed by atoms with Crippen molar-refractivity contribution in [2.45, 2.75) is 26.8 Å². The number of fused-ring (bicyclic) bond motifs is 1. The van der Waals surface area contributed by atoms with Crippen molar-refractivity contribution in [3.8, 4) is 0 Å². The normalized spacial score (nSPS) is 12.3. The monoisotopic (exact) mass is 311 g/mol. The number of rotatable bonds is 6. The number of likely N-dealkylation sites (N-methyl/N-ethyl adjacent to an activating group) is 1. The van der Waals surface area contributed by atoms with Gasteiger partial charge in [-0.1, -0.05) is 11.3 Å². The Morgan fingerprint density at radius 1 is 1.57 bits per heavy atom. The molecule has 1 atom stereocenters. The molecule has 1 amide bonds. The van der Waals surface area contributed by atoms with Crippen LogP contribution in [0.2, 0.25) is 0 Å². The molecule has 0 aliphatic heterocycles. The highest BCUT2D eigenvalue weighted by atomic mass is 32.1. The third kappa shape index (κ3) is 2.82. The first-order valence-corrected chi connectivity index (χ1v) is 7.52. The van der Waals surface area contributed by atoms with E-state index in [0.29, 0.717) is 18.1 Å². The Morgan fingerprint density at radius 3 is 2.81 bits per heavy atom. The zero-order valence-corrected chi connectivity index (χ0v) is 12.9. The van der Waals surface area contributed by atoms with Gasteiger partial charge in [-0.2, -0.15) is 9.38 Å². The van der Waals surface area contributed by atoms with Crippen molar-refractivity contribution in [3.05, 3.63) is 21.7 Å². The maximum Gasteiger partial charge on any atom is 0.372 e. The van der Waals surface area contributed by atoms with Crippen molar-refractivity contribution in [1.82, 2.24) is 14.3 Å². The maximum atomic E-state index is 12.2. The highest BCUT2D eigenvalue weighted by molar-refractivity contribution is 7.15. The molecule has 0 aromatic carbocycles. The van der Waals surface area contributed by atoms with Gasteiger partial charge >= 0.3 is 5.82 Å². The van der Waals surface area contributed by atoms with Crippen molar-refractivity contribution in [2.24, 2.45) is 0 Å². The van der Waals surface area contributed by atoms with E-state index in [4.69, 9.17) is 0 Å². The Kier molecular flexibility index (Phi) is 4.41. The number of anilines is 1. The van der Waals surface area contributed by atoms with Crippen molar-refractivity contribution in [2.75, 3.05) is 18.4 Å². The third-order valence-electron chi connectivity index (χ3n) is 3.21. The van der Waals surface area contributed by atoms with E-state index in [2.05, 4.69) is 10.3 Å². The summed E-state index contributed by atoms with van der Waals surface area (Å²) in [6, 6.07) is -0.576. The number of hydrogen-bond acceptors (Lipinski definition) is 6. The number of carbonyl (C=O) groups excluding carboxylic acids is 1. The lowest BCUT2D eigenvalue weighted by molar-refractivity contribution is -0.389. The van der Waals surface area contributed by atoms with Crippen LogP contribution in [-0.2, 0) is 4.79 Å². The molecular formula is C12H17N5O3S. The molecule has 9 heteroatoms.